The molecule has 0 atom stereocenters. The van der Waals surface area contributed by atoms with Crippen molar-refractivity contribution in [2.24, 2.45) is 0 Å². The van der Waals surface area contributed by atoms with Gasteiger partial charge in [0.2, 0.25) is 0 Å². The van der Waals surface area contributed by atoms with Crippen molar-refractivity contribution in [3.8, 4) is 0 Å². The molecule has 3 rings (SSSR count). The third-order valence-corrected chi connectivity index (χ3v) is 5.04. The van der Waals surface area contributed by atoms with E-state index in [0.29, 0.717) is 6.54 Å². The van der Waals surface area contributed by atoms with Gasteiger partial charge in [-0.05, 0) is 30.4 Å². The summed E-state index contributed by atoms with van der Waals surface area (Å²) in [5.41, 5.74) is 1.01. The Hall–Kier alpha value is -2.05. The van der Waals surface area contributed by atoms with Crippen molar-refractivity contribution in [2.75, 3.05) is 17.2 Å². The molecule has 0 aliphatic carbocycles. The molecule has 0 radical (unpaired) electrons. The fourth-order valence-corrected chi connectivity index (χ4v) is 3.72. The summed E-state index contributed by atoms with van der Waals surface area (Å²) < 4.78 is 0. The number of rotatable bonds is 2. The minimum absolute atomic E-state index is 0.0959. The maximum absolute atomic E-state index is 12.9. The predicted octanol–water partition coefficient (Wildman–Crippen LogP) is 4.39. The molecule has 0 saturated carbocycles. The molecule has 5 nitrogen and oxygen atoms in total. The van der Waals surface area contributed by atoms with Gasteiger partial charge >= 0.3 is 0 Å². The van der Waals surface area contributed by atoms with Crippen LogP contribution in [0.25, 0.3) is 0 Å². The number of carbonyl (C=O) groups excluding carboxylic acids is 1. The normalized spacial score (nSPS) is 14.0. The lowest BCUT2D eigenvalue weighted by Gasteiger charge is -2.23. The highest BCUT2D eigenvalue weighted by atomic mass is 35.5. The van der Waals surface area contributed by atoms with Crippen LogP contribution in [0.2, 0.25) is 5.02 Å². The molecule has 2 aromatic carbocycles. The second-order valence-corrected chi connectivity index (χ2v) is 6.59. The lowest BCUT2D eigenvalue weighted by molar-refractivity contribution is -0.384. The first kappa shape index (κ1) is 15.8. The van der Waals surface area contributed by atoms with Crippen LogP contribution in [-0.2, 0) is 0 Å². The van der Waals surface area contributed by atoms with E-state index in [0.717, 1.165) is 22.8 Å². The molecule has 0 saturated heterocycles. The largest absolute Gasteiger partial charge is 0.307 e. The molecule has 1 heterocycles. The molecule has 1 amide bonds. The Morgan fingerprint density at radius 1 is 1.26 bits per heavy atom. The molecular weight excluding hydrogens is 336 g/mol. The van der Waals surface area contributed by atoms with Crippen molar-refractivity contribution in [1.29, 1.82) is 0 Å². The standard InChI is InChI=1S/C16H13ClN2O3S/c17-13-10-11(19(21)22)6-7-12(13)16(20)18-8-3-9-23-15-5-2-1-4-14(15)18/h1-2,4-7,10H,3,8-9H2. The second-order valence-electron chi connectivity index (χ2n) is 5.05. The molecule has 0 N–H and O–H groups in total. The number of thioether (sulfide) groups is 1. The van der Waals surface area contributed by atoms with Gasteiger partial charge in [0.05, 0.1) is 21.2 Å². The van der Waals surface area contributed by atoms with Gasteiger partial charge in [0.25, 0.3) is 11.6 Å². The van der Waals surface area contributed by atoms with E-state index in [1.54, 1.807) is 16.7 Å². The highest BCUT2D eigenvalue weighted by molar-refractivity contribution is 7.99. The Morgan fingerprint density at radius 2 is 2.04 bits per heavy atom. The zero-order valence-corrected chi connectivity index (χ0v) is 13.6. The number of hydrogen-bond acceptors (Lipinski definition) is 4. The van der Waals surface area contributed by atoms with Crippen LogP contribution >= 0.6 is 23.4 Å². The van der Waals surface area contributed by atoms with Crippen LogP contribution in [0, 0.1) is 10.1 Å². The summed E-state index contributed by atoms with van der Waals surface area (Å²) in [7, 11) is 0. The zero-order valence-electron chi connectivity index (χ0n) is 12.1. The summed E-state index contributed by atoms with van der Waals surface area (Å²) in [5.74, 6) is 0.703. The van der Waals surface area contributed by atoms with Gasteiger partial charge in [-0.3, -0.25) is 14.9 Å². The van der Waals surface area contributed by atoms with Crippen LogP contribution in [0.3, 0.4) is 0 Å². The van der Waals surface area contributed by atoms with Crippen molar-refractivity contribution in [1.82, 2.24) is 0 Å². The van der Waals surface area contributed by atoms with Crippen molar-refractivity contribution in [3.63, 3.8) is 0 Å². The first-order valence-corrected chi connectivity index (χ1v) is 8.42. The van der Waals surface area contributed by atoms with Gasteiger partial charge in [-0.15, -0.1) is 11.8 Å². The lowest BCUT2D eigenvalue weighted by atomic mass is 10.1. The number of nitro groups is 1. The van der Waals surface area contributed by atoms with Gasteiger partial charge in [-0.25, -0.2) is 0 Å². The number of nitrogens with zero attached hydrogens (tertiary/aromatic N) is 2. The Labute approximate surface area is 142 Å². The topological polar surface area (TPSA) is 63.4 Å². The van der Waals surface area contributed by atoms with E-state index in [9.17, 15) is 14.9 Å². The van der Waals surface area contributed by atoms with Crippen molar-refractivity contribution in [3.05, 3.63) is 63.2 Å². The predicted molar refractivity (Wildman–Crippen MR) is 91.6 cm³/mol. The minimum Gasteiger partial charge on any atom is -0.307 e. The van der Waals surface area contributed by atoms with E-state index in [1.165, 1.54) is 18.2 Å². The van der Waals surface area contributed by atoms with E-state index in [-0.39, 0.29) is 22.2 Å². The third-order valence-electron chi connectivity index (χ3n) is 3.58. The fraction of sp³-hybridized carbons (Fsp3) is 0.188. The number of fused-ring (bicyclic) bond motifs is 1. The summed E-state index contributed by atoms with van der Waals surface area (Å²) in [6, 6.07) is 11.7. The lowest BCUT2D eigenvalue weighted by Crippen LogP contribution is -2.32. The maximum atomic E-state index is 12.9. The average molecular weight is 349 g/mol. The van der Waals surface area contributed by atoms with Crippen LogP contribution in [0.5, 0.6) is 0 Å². The molecule has 7 heteroatoms. The quantitative estimate of drug-likeness (QED) is 0.596. The van der Waals surface area contributed by atoms with Gasteiger partial charge in [0.15, 0.2) is 0 Å². The number of para-hydroxylation sites is 1. The molecule has 1 aliphatic rings. The van der Waals surface area contributed by atoms with Crippen LogP contribution in [-0.4, -0.2) is 23.1 Å². The van der Waals surface area contributed by atoms with Gasteiger partial charge < -0.3 is 4.90 Å². The van der Waals surface area contributed by atoms with Crippen molar-refractivity contribution < 1.29 is 9.72 Å². The molecule has 118 valence electrons. The minimum atomic E-state index is -0.530. The van der Waals surface area contributed by atoms with Gasteiger partial charge in [-0.1, -0.05) is 23.7 Å². The average Bonchev–Trinajstić information content (AvgIpc) is 2.76. The molecule has 2 aromatic rings. The number of halogens is 1. The summed E-state index contributed by atoms with van der Waals surface area (Å²) in [4.78, 5) is 25.9. The number of carbonyl (C=O) groups is 1. The number of benzene rings is 2. The van der Waals surface area contributed by atoms with E-state index >= 15 is 0 Å². The zero-order chi connectivity index (χ0) is 16.4. The maximum Gasteiger partial charge on any atom is 0.270 e. The SMILES string of the molecule is O=C(c1ccc([N+](=O)[O-])cc1Cl)N1CCCSc2ccccc21. The molecule has 0 unspecified atom stereocenters. The number of anilines is 1. The molecule has 0 bridgehead atoms. The van der Waals surface area contributed by atoms with Gasteiger partial charge in [0, 0.05) is 23.6 Å². The van der Waals surface area contributed by atoms with Crippen LogP contribution < -0.4 is 4.90 Å². The molecule has 23 heavy (non-hydrogen) atoms. The summed E-state index contributed by atoms with van der Waals surface area (Å²) >= 11 is 7.82. The van der Waals surface area contributed by atoms with E-state index in [4.69, 9.17) is 11.6 Å². The van der Waals surface area contributed by atoms with E-state index in [2.05, 4.69) is 0 Å². The Bertz CT molecular complexity index is 782. The first-order chi connectivity index (χ1) is 11.1. The van der Waals surface area contributed by atoms with Crippen LogP contribution in [0.1, 0.15) is 16.8 Å². The van der Waals surface area contributed by atoms with Crippen molar-refractivity contribution in [2.45, 2.75) is 11.3 Å². The summed E-state index contributed by atoms with van der Waals surface area (Å²) in [5, 5.41) is 10.9. The Balaban J connectivity index is 1.99. The molecule has 0 fully saturated rings. The third kappa shape index (κ3) is 3.18. The van der Waals surface area contributed by atoms with Crippen LogP contribution in [0.4, 0.5) is 11.4 Å². The highest BCUT2D eigenvalue weighted by Gasteiger charge is 2.25. The smallest absolute Gasteiger partial charge is 0.270 e. The summed E-state index contributed by atoms with van der Waals surface area (Å²) in [6.45, 7) is 0.593. The van der Waals surface area contributed by atoms with Gasteiger partial charge in [-0.2, -0.15) is 0 Å². The van der Waals surface area contributed by atoms with Gasteiger partial charge in [0.1, 0.15) is 0 Å². The molecule has 1 aliphatic heterocycles. The van der Waals surface area contributed by atoms with Crippen molar-refractivity contribution >= 4 is 40.6 Å². The Morgan fingerprint density at radius 3 is 2.78 bits per heavy atom. The fourth-order valence-electron chi connectivity index (χ4n) is 2.47. The number of hydrogen-bond donors (Lipinski definition) is 0. The second kappa shape index (κ2) is 6.60. The Kier molecular flexibility index (Phi) is 4.54. The molecular formula is C16H13ClN2O3S. The van der Waals surface area contributed by atoms with Crippen LogP contribution in [0.15, 0.2) is 47.4 Å². The highest BCUT2D eigenvalue weighted by Crippen LogP contribution is 2.35. The monoisotopic (exact) mass is 348 g/mol. The number of nitro benzene ring substituents is 1. The molecule has 0 aromatic heterocycles. The van der Waals surface area contributed by atoms with E-state index < -0.39 is 4.92 Å². The first-order valence-electron chi connectivity index (χ1n) is 7.05. The van der Waals surface area contributed by atoms with E-state index in [1.807, 2.05) is 24.3 Å². The number of amides is 1. The summed E-state index contributed by atoms with van der Waals surface area (Å²) in [6.07, 6.45) is 0.871. The number of non-ortho nitro benzene ring substituents is 1. The molecule has 0 spiro atoms.